The summed E-state index contributed by atoms with van der Waals surface area (Å²) in [5.74, 6) is 0.00644. The summed E-state index contributed by atoms with van der Waals surface area (Å²) in [7, 11) is 0. The molecule has 0 fully saturated rings. The van der Waals surface area contributed by atoms with E-state index in [0.717, 1.165) is 12.8 Å². The number of rotatable bonds is 8. The highest BCUT2D eigenvalue weighted by molar-refractivity contribution is 5.33. The van der Waals surface area contributed by atoms with Crippen molar-refractivity contribution in [3.8, 4) is 0 Å². The van der Waals surface area contributed by atoms with Crippen molar-refractivity contribution in [1.82, 2.24) is 0 Å². The van der Waals surface area contributed by atoms with Crippen LogP contribution in [-0.4, -0.2) is 11.7 Å². The van der Waals surface area contributed by atoms with Gasteiger partial charge in [0, 0.05) is 12.5 Å². The third-order valence-electron chi connectivity index (χ3n) is 3.40. The minimum absolute atomic E-state index is 0.00644. The molecule has 0 bridgehead atoms. The standard InChI is InChI=1S/C17H27O/c1-4-6-8-15-10-16(9-7-5-2)12-17(11-15)14(3)13-18/h10-12,14,18H,3-9,13H2,1-2H3. The normalized spacial score (nSPS) is 12.7. The van der Waals surface area contributed by atoms with E-state index in [1.54, 1.807) is 0 Å². The zero-order valence-electron chi connectivity index (χ0n) is 11.9. The van der Waals surface area contributed by atoms with Crippen molar-refractivity contribution in [2.24, 2.45) is 0 Å². The van der Waals surface area contributed by atoms with Gasteiger partial charge in [-0.05, 0) is 49.3 Å². The minimum atomic E-state index is 0.00644. The van der Waals surface area contributed by atoms with E-state index in [-0.39, 0.29) is 12.5 Å². The Bertz CT molecular complexity index is 317. The van der Waals surface area contributed by atoms with E-state index in [1.165, 1.54) is 42.4 Å². The maximum Gasteiger partial charge on any atom is 0.0499 e. The highest BCUT2D eigenvalue weighted by Gasteiger charge is 2.07. The van der Waals surface area contributed by atoms with Crippen LogP contribution >= 0.6 is 0 Å². The molecular weight excluding hydrogens is 220 g/mol. The number of unbranched alkanes of at least 4 members (excludes halogenated alkanes) is 2. The number of aryl methyl sites for hydroxylation is 2. The molecule has 1 radical (unpaired) electrons. The largest absolute Gasteiger partial charge is 0.396 e. The molecule has 1 heteroatoms. The summed E-state index contributed by atoms with van der Waals surface area (Å²) >= 11 is 0. The smallest absolute Gasteiger partial charge is 0.0499 e. The van der Waals surface area contributed by atoms with E-state index in [1.807, 2.05) is 0 Å². The van der Waals surface area contributed by atoms with Crippen LogP contribution in [0.4, 0.5) is 0 Å². The average molecular weight is 247 g/mol. The first-order valence-corrected chi connectivity index (χ1v) is 7.27. The molecule has 0 amide bonds. The Morgan fingerprint density at radius 1 is 1.00 bits per heavy atom. The van der Waals surface area contributed by atoms with Crippen molar-refractivity contribution in [2.75, 3.05) is 6.61 Å². The summed E-state index contributed by atoms with van der Waals surface area (Å²) < 4.78 is 0. The molecule has 1 nitrogen and oxygen atoms in total. The highest BCUT2D eigenvalue weighted by Crippen LogP contribution is 2.21. The topological polar surface area (TPSA) is 20.2 Å². The van der Waals surface area contributed by atoms with Crippen LogP contribution in [0.1, 0.15) is 62.1 Å². The van der Waals surface area contributed by atoms with Gasteiger partial charge >= 0.3 is 0 Å². The molecular formula is C17H27O. The fraction of sp³-hybridized carbons (Fsp3) is 0.588. The molecule has 1 aromatic carbocycles. The van der Waals surface area contributed by atoms with Crippen molar-refractivity contribution in [3.63, 3.8) is 0 Å². The van der Waals surface area contributed by atoms with Gasteiger partial charge in [-0.15, -0.1) is 0 Å². The van der Waals surface area contributed by atoms with Crippen molar-refractivity contribution in [1.29, 1.82) is 0 Å². The van der Waals surface area contributed by atoms with Gasteiger partial charge in [-0.2, -0.15) is 0 Å². The first-order valence-electron chi connectivity index (χ1n) is 7.27. The predicted molar refractivity (Wildman–Crippen MR) is 78.8 cm³/mol. The molecule has 0 saturated carbocycles. The van der Waals surface area contributed by atoms with Crippen LogP contribution in [0.5, 0.6) is 0 Å². The lowest BCUT2D eigenvalue weighted by molar-refractivity contribution is 0.282. The Morgan fingerprint density at radius 3 is 1.89 bits per heavy atom. The fourth-order valence-electron chi connectivity index (χ4n) is 2.18. The molecule has 0 spiro atoms. The van der Waals surface area contributed by atoms with E-state index in [9.17, 15) is 5.11 Å². The number of aliphatic hydroxyl groups is 1. The fourth-order valence-corrected chi connectivity index (χ4v) is 2.18. The number of hydrogen-bond acceptors (Lipinski definition) is 1. The molecule has 0 aliphatic carbocycles. The third kappa shape index (κ3) is 4.81. The molecule has 1 atom stereocenters. The Labute approximate surface area is 112 Å². The quantitative estimate of drug-likeness (QED) is 0.727. The van der Waals surface area contributed by atoms with Gasteiger partial charge in [0.25, 0.3) is 0 Å². The van der Waals surface area contributed by atoms with Crippen molar-refractivity contribution < 1.29 is 5.11 Å². The lowest BCUT2D eigenvalue weighted by Gasteiger charge is -2.13. The van der Waals surface area contributed by atoms with Gasteiger partial charge in [-0.25, -0.2) is 0 Å². The van der Waals surface area contributed by atoms with Gasteiger partial charge in [0.05, 0.1) is 0 Å². The summed E-state index contributed by atoms with van der Waals surface area (Å²) in [6, 6.07) is 6.77. The molecule has 0 aromatic heterocycles. The van der Waals surface area contributed by atoms with Crippen molar-refractivity contribution >= 4 is 0 Å². The molecule has 0 heterocycles. The lowest BCUT2D eigenvalue weighted by atomic mass is 9.93. The zero-order chi connectivity index (χ0) is 13.4. The lowest BCUT2D eigenvalue weighted by Crippen LogP contribution is -2.02. The van der Waals surface area contributed by atoms with Crippen molar-refractivity contribution in [2.45, 2.75) is 58.3 Å². The predicted octanol–water partition coefficient (Wildman–Crippen LogP) is 4.28. The molecule has 1 aromatic rings. The van der Waals surface area contributed by atoms with E-state index in [2.05, 4.69) is 39.0 Å². The zero-order valence-corrected chi connectivity index (χ0v) is 11.9. The second-order valence-electron chi connectivity index (χ2n) is 5.17. The van der Waals surface area contributed by atoms with Crippen LogP contribution in [-0.2, 0) is 12.8 Å². The van der Waals surface area contributed by atoms with Crippen molar-refractivity contribution in [3.05, 3.63) is 41.8 Å². The van der Waals surface area contributed by atoms with Gasteiger partial charge in [0.15, 0.2) is 0 Å². The maximum absolute atomic E-state index is 9.26. The number of aliphatic hydroxyl groups excluding tert-OH is 1. The van der Waals surface area contributed by atoms with Crippen LogP contribution in [0.3, 0.4) is 0 Å². The summed E-state index contributed by atoms with van der Waals surface area (Å²) in [5, 5.41) is 9.26. The maximum atomic E-state index is 9.26. The van der Waals surface area contributed by atoms with E-state index < -0.39 is 0 Å². The van der Waals surface area contributed by atoms with Crippen LogP contribution in [0.2, 0.25) is 0 Å². The number of hydrogen-bond donors (Lipinski definition) is 1. The van der Waals surface area contributed by atoms with Gasteiger partial charge in [0.1, 0.15) is 0 Å². The van der Waals surface area contributed by atoms with Gasteiger partial charge in [-0.3, -0.25) is 0 Å². The van der Waals surface area contributed by atoms with Gasteiger partial charge in [0.2, 0.25) is 0 Å². The first-order chi connectivity index (χ1) is 8.71. The Kier molecular flexibility index (Phi) is 7.04. The molecule has 0 aliphatic rings. The average Bonchev–Trinajstić information content (AvgIpc) is 2.41. The van der Waals surface area contributed by atoms with Crippen LogP contribution in [0.25, 0.3) is 0 Å². The second-order valence-corrected chi connectivity index (χ2v) is 5.17. The highest BCUT2D eigenvalue weighted by atomic mass is 16.3. The van der Waals surface area contributed by atoms with Gasteiger partial charge < -0.3 is 5.11 Å². The molecule has 1 unspecified atom stereocenters. The Morgan fingerprint density at radius 2 is 1.50 bits per heavy atom. The van der Waals surface area contributed by atoms with Crippen LogP contribution < -0.4 is 0 Å². The van der Waals surface area contributed by atoms with Crippen LogP contribution in [0.15, 0.2) is 18.2 Å². The summed E-state index contributed by atoms with van der Waals surface area (Å²) in [6.07, 6.45) is 7.20. The summed E-state index contributed by atoms with van der Waals surface area (Å²) in [6.45, 7) is 8.59. The molecule has 101 valence electrons. The van der Waals surface area contributed by atoms with Crippen LogP contribution in [0, 0.1) is 6.92 Å². The SMILES string of the molecule is [CH2]C(CO)c1cc(CCCC)cc(CCCC)c1. The molecule has 18 heavy (non-hydrogen) atoms. The molecule has 1 N–H and O–H groups in total. The van der Waals surface area contributed by atoms with E-state index in [4.69, 9.17) is 0 Å². The second kappa shape index (κ2) is 8.31. The molecule has 1 rings (SSSR count). The monoisotopic (exact) mass is 247 g/mol. The Hall–Kier alpha value is -0.820. The summed E-state index contributed by atoms with van der Waals surface area (Å²) in [5.41, 5.74) is 4.00. The van der Waals surface area contributed by atoms with E-state index in [0.29, 0.717) is 0 Å². The molecule has 0 saturated heterocycles. The number of benzene rings is 1. The third-order valence-corrected chi connectivity index (χ3v) is 3.40. The minimum Gasteiger partial charge on any atom is -0.396 e. The molecule has 0 aliphatic heterocycles. The first kappa shape index (κ1) is 15.2. The van der Waals surface area contributed by atoms with E-state index >= 15 is 0 Å². The van der Waals surface area contributed by atoms with Gasteiger partial charge in [-0.1, -0.05) is 44.9 Å². The summed E-state index contributed by atoms with van der Waals surface area (Å²) in [4.78, 5) is 0. The Balaban J connectivity index is 2.88.